The summed E-state index contributed by atoms with van der Waals surface area (Å²) in [6.07, 6.45) is 1.82. The van der Waals surface area contributed by atoms with Crippen LogP contribution >= 0.6 is 0 Å². The topological polar surface area (TPSA) is 103 Å². The first-order valence-electron chi connectivity index (χ1n) is 6.26. The predicted molar refractivity (Wildman–Crippen MR) is 74.3 cm³/mol. The molecule has 0 spiro atoms. The van der Waals surface area contributed by atoms with Crippen LogP contribution in [-0.2, 0) is 0 Å². The van der Waals surface area contributed by atoms with Gasteiger partial charge in [0.05, 0.1) is 6.61 Å². The van der Waals surface area contributed by atoms with E-state index in [1.165, 1.54) is 12.1 Å². The fourth-order valence-corrected chi connectivity index (χ4v) is 1.81. The molecule has 1 aromatic carbocycles. The van der Waals surface area contributed by atoms with Gasteiger partial charge in [0.25, 0.3) is 0 Å². The number of nitrogen functional groups attached to an aromatic ring is 1. The summed E-state index contributed by atoms with van der Waals surface area (Å²) in [5.74, 6) is -0.987. The third-order valence-electron chi connectivity index (χ3n) is 2.81. The van der Waals surface area contributed by atoms with Crippen molar-refractivity contribution in [3.05, 3.63) is 34.2 Å². The Morgan fingerprint density at radius 3 is 2.80 bits per heavy atom. The lowest BCUT2D eigenvalue weighted by Crippen LogP contribution is -2.13. The maximum atomic E-state index is 11.6. The van der Waals surface area contributed by atoms with Gasteiger partial charge in [0.15, 0.2) is 11.3 Å². The van der Waals surface area contributed by atoms with E-state index in [2.05, 4.69) is 0 Å². The summed E-state index contributed by atoms with van der Waals surface area (Å²) in [6.45, 7) is 2.50. The smallest absolute Gasteiger partial charge is 0.351 e. The largest absolute Gasteiger partial charge is 0.490 e. The number of carbonyl (C=O) groups is 1. The van der Waals surface area contributed by atoms with Crippen molar-refractivity contribution in [1.29, 1.82) is 0 Å². The Bertz CT molecular complexity index is 705. The Kier molecular flexibility index (Phi) is 3.93. The molecule has 6 heteroatoms. The van der Waals surface area contributed by atoms with Crippen LogP contribution in [0.4, 0.5) is 5.69 Å². The van der Waals surface area contributed by atoms with Crippen LogP contribution in [0.3, 0.4) is 0 Å². The Hall–Kier alpha value is -2.50. The SMILES string of the molecule is CCCCOc1cc(N)cc2cc(C(=O)O)c(=O)oc12. The Balaban J connectivity index is 2.56. The molecule has 20 heavy (non-hydrogen) atoms. The second kappa shape index (κ2) is 5.64. The number of aromatic carboxylic acids is 1. The molecule has 0 aliphatic rings. The highest BCUT2D eigenvalue weighted by atomic mass is 16.5. The number of rotatable bonds is 5. The van der Waals surface area contributed by atoms with Crippen LogP contribution in [-0.4, -0.2) is 17.7 Å². The Morgan fingerprint density at radius 1 is 1.40 bits per heavy atom. The number of benzene rings is 1. The average Bonchev–Trinajstić information content (AvgIpc) is 2.38. The summed E-state index contributed by atoms with van der Waals surface area (Å²) < 4.78 is 10.6. The third-order valence-corrected chi connectivity index (χ3v) is 2.81. The molecule has 0 saturated heterocycles. The molecule has 106 valence electrons. The second-order valence-corrected chi connectivity index (χ2v) is 4.39. The van der Waals surface area contributed by atoms with Crippen LogP contribution in [0, 0.1) is 0 Å². The van der Waals surface area contributed by atoms with Gasteiger partial charge in [-0.15, -0.1) is 0 Å². The van der Waals surface area contributed by atoms with E-state index in [-0.39, 0.29) is 5.58 Å². The van der Waals surface area contributed by atoms with E-state index < -0.39 is 17.2 Å². The molecule has 0 amide bonds. The molecule has 1 aromatic heterocycles. The highest BCUT2D eigenvalue weighted by Crippen LogP contribution is 2.28. The summed E-state index contributed by atoms with van der Waals surface area (Å²) in [5, 5.41) is 9.34. The van der Waals surface area contributed by atoms with E-state index in [0.29, 0.717) is 23.4 Å². The number of hydrogen-bond acceptors (Lipinski definition) is 5. The maximum Gasteiger partial charge on any atom is 0.351 e. The van der Waals surface area contributed by atoms with Crippen LogP contribution < -0.4 is 16.1 Å². The molecule has 0 unspecified atom stereocenters. The van der Waals surface area contributed by atoms with Gasteiger partial charge < -0.3 is 20.0 Å². The van der Waals surface area contributed by atoms with Crippen molar-refractivity contribution in [2.24, 2.45) is 0 Å². The average molecular weight is 277 g/mol. The second-order valence-electron chi connectivity index (χ2n) is 4.39. The van der Waals surface area contributed by atoms with Gasteiger partial charge in [0, 0.05) is 17.1 Å². The first-order valence-corrected chi connectivity index (χ1v) is 6.26. The normalized spacial score (nSPS) is 10.7. The van der Waals surface area contributed by atoms with E-state index in [4.69, 9.17) is 20.0 Å². The van der Waals surface area contributed by atoms with Gasteiger partial charge in [0.1, 0.15) is 5.56 Å². The molecule has 6 nitrogen and oxygen atoms in total. The van der Waals surface area contributed by atoms with E-state index in [0.717, 1.165) is 12.8 Å². The van der Waals surface area contributed by atoms with E-state index in [1.807, 2.05) is 6.92 Å². The van der Waals surface area contributed by atoms with Crippen LogP contribution in [0.25, 0.3) is 11.0 Å². The van der Waals surface area contributed by atoms with Crippen molar-refractivity contribution in [1.82, 2.24) is 0 Å². The van der Waals surface area contributed by atoms with Gasteiger partial charge in [-0.2, -0.15) is 0 Å². The Morgan fingerprint density at radius 2 is 2.15 bits per heavy atom. The predicted octanol–water partition coefficient (Wildman–Crippen LogP) is 2.25. The minimum absolute atomic E-state index is 0.213. The third kappa shape index (κ3) is 2.74. The van der Waals surface area contributed by atoms with Gasteiger partial charge in [-0.1, -0.05) is 13.3 Å². The highest BCUT2D eigenvalue weighted by molar-refractivity contribution is 5.94. The van der Waals surface area contributed by atoms with Gasteiger partial charge >= 0.3 is 11.6 Å². The lowest BCUT2D eigenvalue weighted by atomic mass is 10.1. The summed E-state index contributed by atoms with van der Waals surface area (Å²) >= 11 is 0. The molecule has 0 saturated carbocycles. The molecular formula is C14H15NO5. The molecule has 0 aliphatic carbocycles. The van der Waals surface area contributed by atoms with Crippen molar-refractivity contribution in [2.75, 3.05) is 12.3 Å². The molecule has 1 heterocycles. The summed E-state index contributed by atoms with van der Waals surface area (Å²) in [4.78, 5) is 22.5. The van der Waals surface area contributed by atoms with Crippen molar-refractivity contribution in [3.63, 3.8) is 0 Å². The zero-order valence-corrected chi connectivity index (χ0v) is 11.0. The molecule has 0 atom stereocenters. The lowest BCUT2D eigenvalue weighted by Gasteiger charge is -2.09. The van der Waals surface area contributed by atoms with Gasteiger partial charge in [-0.05, 0) is 18.6 Å². The molecular weight excluding hydrogens is 262 g/mol. The summed E-state index contributed by atoms with van der Waals surface area (Å²) in [6, 6.07) is 4.34. The van der Waals surface area contributed by atoms with Crippen molar-refractivity contribution in [3.8, 4) is 5.75 Å². The lowest BCUT2D eigenvalue weighted by molar-refractivity contribution is 0.0692. The fraction of sp³-hybridized carbons (Fsp3) is 0.286. The number of fused-ring (bicyclic) bond motifs is 1. The quantitative estimate of drug-likeness (QED) is 0.493. The highest BCUT2D eigenvalue weighted by Gasteiger charge is 2.15. The molecule has 0 bridgehead atoms. The minimum atomic E-state index is -1.34. The van der Waals surface area contributed by atoms with Crippen molar-refractivity contribution < 1.29 is 19.1 Å². The Labute approximate surface area is 114 Å². The first kappa shape index (κ1) is 13.9. The number of unbranched alkanes of at least 4 members (excludes halogenated alkanes) is 1. The van der Waals surface area contributed by atoms with E-state index in [1.54, 1.807) is 6.07 Å². The van der Waals surface area contributed by atoms with Crippen LogP contribution in [0.1, 0.15) is 30.1 Å². The van der Waals surface area contributed by atoms with Gasteiger partial charge in [-0.25, -0.2) is 9.59 Å². The minimum Gasteiger partial charge on any atom is -0.490 e. The zero-order valence-electron chi connectivity index (χ0n) is 11.0. The number of anilines is 1. The van der Waals surface area contributed by atoms with E-state index >= 15 is 0 Å². The molecule has 3 N–H and O–H groups in total. The number of carboxylic acid groups (broad SMARTS) is 1. The monoisotopic (exact) mass is 277 g/mol. The van der Waals surface area contributed by atoms with Gasteiger partial charge in [0.2, 0.25) is 0 Å². The number of ether oxygens (including phenoxy) is 1. The fourth-order valence-electron chi connectivity index (χ4n) is 1.81. The summed E-state index contributed by atoms with van der Waals surface area (Å²) in [5.41, 5.74) is 5.04. The van der Waals surface area contributed by atoms with Gasteiger partial charge in [-0.3, -0.25) is 0 Å². The van der Waals surface area contributed by atoms with Crippen molar-refractivity contribution in [2.45, 2.75) is 19.8 Å². The van der Waals surface area contributed by atoms with Crippen LogP contribution in [0.15, 0.2) is 27.4 Å². The number of hydrogen-bond donors (Lipinski definition) is 2. The van der Waals surface area contributed by atoms with E-state index in [9.17, 15) is 9.59 Å². The van der Waals surface area contributed by atoms with Crippen LogP contribution in [0.5, 0.6) is 5.75 Å². The maximum absolute atomic E-state index is 11.6. The summed E-state index contributed by atoms with van der Waals surface area (Å²) in [7, 11) is 0. The molecule has 0 fully saturated rings. The van der Waals surface area contributed by atoms with Crippen molar-refractivity contribution >= 4 is 22.6 Å². The zero-order chi connectivity index (χ0) is 14.7. The first-order chi connectivity index (χ1) is 9.52. The van der Waals surface area contributed by atoms with Crippen LogP contribution in [0.2, 0.25) is 0 Å². The number of carboxylic acids is 1. The molecule has 2 rings (SSSR count). The standard InChI is InChI=1S/C14H15NO5/c1-2-3-4-19-11-7-9(15)5-8-6-10(13(16)17)14(18)20-12(8)11/h5-7H,2-4,15H2,1H3,(H,16,17). The molecule has 0 radical (unpaired) electrons. The molecule has 0 aliphatic heterocycles. The molecule has 2 aromatic rings. The number of nitrogens with two attached hydrogens (primary N) is 1.